The Morgan fingerprint density at radius 3 is 2.50 bits per heavy atom. The summed E-state index contributed by atoms with van der Waals surface area (Å²) in [6.07, 6.45) is 0. The minimum atomic E-state index is 0.128. The Bertz CT molecular complexity index is 432. The van der Waals surface area contributed by atoms with Gasteiger partial charge in [-0.15, -0.1) is 0 Å². The van der Waals surface area contributed by atoms with E-state index < -0.39 is 0 Å². The summed E-state index contributed by atoms with van der Waals surface area (Å²) in [7, 11) is 0. The van der Waals surface area contributed by atoms with E-state index in [0.717, 1.165) is 5.56 Å². The summed E-state index contributed by atoms with van der Waals surface area (Å²) in [5, 5.41) is 9.14. The molecule has 2 aliphatic rings. The minimum Gasteiger partial charge on any atom is -0.392 e. The van der Waals surface area contributed by atoms with Gasteiger partial charge in [0.2, 0.25) is 0 Å². The highest BCUT2D eigenvalue weighted by Crippen LogP contribution is 2.30. The van der Waals surface area contributed by atoms with E-state index in [2.05, 4.69) is 44.2 Å². The third-order valence-electron chi connectivity index (χ3n) is 2.74. The van der Waals surface area contributed by atoms with E-state index in [1.54, 1.807) is 0 Å². The molecule has 0 aromatic carbocycles. The zero-order chi connectivity index (χ0) is 10.1. The van der Waals surface area contributed by atoms with Gasteiger partial charge in [0.15, 0.2) is 0 Å². The summed E-state index contributed by atoms with van der Waals surface area (Å²) < 4.78 is 0. The molecular weight excluding hydrogens is 172 g/mol. The molecule has 1 heteroatoms. The molecule has 2 rings (SSSR count). The van der Waals surface area contributed by atoms with Gasteiger partial charge in [-0.1, -0.05) is 29.8 Å². The van der Waals surface area contributed by atoms with Gasteiger partial charge in [-0.2, -0.15) is 0 Å². The molecule has 0 spiro atoms. The van der Waals surface area contributed by atoms with Crippen molar-refractivity contribution in [3.8, 4) is 11.1 Å². The lowest BCUT2D eigenvalue weighted by Gasteiger charge is -1.94. The normalized spacial score (nSPS) is 10.8. The highest BCUT2D eigenvalue weighted by molar-refractivity contribution is 5.72. The fraction of sp³-hybridized carbons (Fsp3) is 0.231. The molecule has 0 aliphatic heterocycles. The number of hydrogen-bond acceptors (Lipinski definition) is 1. The maximum Gasteiger partial charge on any atom is 0.0684 e. The molecule has 0 fully saturated rings. The van der Waals surface area contributed by atoms with Crippen LogP contribution in [-0.4, -0.2) is 5.11 Å². The van der Waals surface area contributed by atoms with Crippen molar-refractivity contribution in [3.63, 3.8) is 0 Å². The van der Waals surface area contributed by atoms with Crippen molar-refractivity contribution in [1.29, 1.82) is 0 Å². The lowest BCUT2D eigenvalue weighted by Crippen LogP contribution is -1.80. The van der Waals surface area contributed by atoms with Gasteiger partial charge in [-0.25, -0.2) is 0 Å². The van der Waals surface area contributed by atoms with Gasteiger partial charge < -0.3 is 5.11 Å². The summed E-state index contributed by atoms with van der Waals surface area (Å²) in [5.41, 5.74) is 5.93. The topological polar surface area (TPSA) is 20.2 Å². The molecule has 2 aliphatic carbocycles. The highest BCUT2D eigenvalue weighted by Gasteiger charge is 2.09. The van der Waals surface area contributed by atoms with Crippen LogP contribution in [0.4, 0.5) is 0 Å². The Kier molecular flexibility index (Phi) is 2.26. The molecule has 72 valence electrons. The number of aliphatic hydroxyl groups excluding tert-OH is 1. The first-order chi connectivity index (χ1) is 6.72. The molecule has 0 radical (unpaired) electrons. The molecule has 0 aromatic heterocycles. The smallest absolute Gasteiger partial charge is 0.0684 e. The largest absolute Gasteiger partial charge is 0.392 e. The summed E-state index contributed by atoms with van der Waals surface area (Å²) >= 11 is 0. The van der Waals surface area contributed by atoms with Crippen molar-refractivity contribution in [2.45, 2.75) is 20.5 Å². The highest BCUT2D eigenvalue weighted by atomic mass is 16.3. The minimum absolute atomic E-state index is 0.128. The van der Waals surface area contributed by atoms with Gasteiger partial charge in [0.25, 0.3) is 0 Å². The molecule has 0 unspecified atom stereocenters. The van der Waals surface area contributed by atoms with Gasteiger partial charge >= 0.3 is 0 Å². The third kappa shape index (κ3) is 1.40. The van der Waals surface area contributed by atoms with Crippen LogP contribution in [0.2, 0.25) is 0 Å². The van der Waals surface area contributed by atoms with E-state index in [1.807, 2.05) is 0 Å². The Hall–Kier alpha value is -1.34. The molecule has 0 amide bonds. The lowest BCUT2D eigenvalue weighted by atomic mass is 10.1. The zero-order valence-corrected chi connectivity index (χ0v) is 8.54. The lowest BCUT2D eigenvalue weighted by molar-refractivity contribution is 0.281. The van der Waals surface area contributed by atoms with Crippen molar-refractivity contribution < 1.29 is 5.11 Å². The van der Waals surface area contributed by atoms with Crippen LogP contribution in [0, 0.1) is 13.8 Å². The molecular formula is C13H14O. The quantitative estimate of drug-likeness (QED) is 0.726. The summed E-state index contributed by atoms with van der Waals surface area (Å²) in [6.45, 7) is 4.27. The van der Waals surface area contributed by atoms with Crippen molar-refractivity contribution in [2.24, 2.45) is 0 Å². The summed E-state index contributed by atoms with van der Waals surface area (Å²) in [4.78, 5) is 0. The van der Waals surface area contributed by atoms with Crippen LogP contribution in [0.5, 0.6) is 0 Å². The average molecular weight is 186 g/mol. The molecule has 0 bridgehead atoms. The van der Waals surface area contributed by atoms with Crippen molar-refractivity contribution in [2.75, 3.05) is 0 Å². The van der Waals surface area contributed by atoms with Gasteiger partial charge in [-0.05, 0) is 42.2 Å². The Labute approximate surface area is 84.4 Å². The fourth-order valence-electron chi connectivity index (χ4n) is 1.78. The molecule has 0 saturated carbocycles. The average Bonchev–Trinajstić information content (AvgIpc) is 2.36. The maximum absolute atomic E-state index is 9.14. The maximum atomic E-state index is 9.14. The van der Waals surface area contributed by atoms with Crippen molar-refractivity contribution in [1.82, 2.24) is 0 Å². The predicted molar refractivity (Wildman–Crippen MR) is 58.5 cm³/mol. The van der Waals surface area contributed by atoms with E-state index in [1.165, 1.54) is 22.3 Å². The van der Waals surface area contributed by atoms with Crippen molar-refractivity contribution in [3.05, 3.63) is 47.0 Å². The predicted octanol–water partition coefficient (Wildman–Crippen LogP) is 2.90. The standard InChI is InChI=1S/C13H14O/c1-9-3-5-11-7-12(8-14)10(2)13(11)6-4-9/h3-7,14H,8H2,1-2H3. The zero-order valence-electron chi connectivity index (χ0n) is 8.54. The summed E-state index contributed by atoms with van der Waals surface area (Å²) in [5.74, 6) is 0. The van der Waals surface area contributed by atoms with E-state index in [-0.39, 0.29) is 6.61 Å². The Balaban J connectivity index is 2.69. The van der Waals surface area contributed by atoms with Crippen molar-refractivity contribution >= 4 is 0 Å². The van der Waals surface area contributed by atoms with Crippen LogP contribution < -0.4 is 0 Å². The number of rotatable bonds is 1. The Morgan fingerprint density at radius 2 is 1.79 bits per heavy atom. The summed E-state index contributed by atoms with van der Waals surface area (Å²) in [6, 6.07) is 10.5. The second kappa shape index (κ2) is 3.43. The fourth-order valence-corrected chi connectivity index (χ4v) is 1.78. The first kappa shape index (κ1) is 9.22. The number of aliphatic hydroxyl groups is 1. The van der Waals surface area contributed by atoms with Crippen LogP contribution in [0.3, 0.4) is 0 Å². The molecule has 1 nitrogen and oxygen atoms in total. The van der Waals surface area contributed by atoms with Gasteiger partial charge in [0, 0.05) is 0 Å². The second-order valence-corrected chi connectivity index (χ2v) is 3.73. The van der Waals surface area contributed by atoms with Crippen LogP contribution in [0.25, 0.3) is 11.1 Å². The first-order valence-corrected chi connectivity index (χ1v) is 4.82. The van der Waals surface area contributed by atoms with Crippen LogP contribution in [0.1, 0.15) is 16.7 Å². The molecule has 1 N–H and O–H groups in total. The Morgan fingerprint density at radius 1 is 1.07 bits per heavy atom. The van der Waals surface area contributed by atoms with Crippen LogP contribution in [0.15, 0.2) is 30.3 Å². The number of fused-ring (bicyclic) bond motifs is 1. The van der Waals surface area contributed by atoms with E-state index >= 15 is 0 Å². The van der Waals surface area contributed by atoms with Crippen LogP contribution in [-0.2, 0) is 6.61 Å². The number of aryl methyl sites for hydroxylation is 1. The van der Waals surface area contributed by atoms with E-state index in [0.29, 0.717) is 0 Å². The second-order valence-electron chi connectivity index (χ2n) is 3.73. The van der Waals surface area contributed by atoms with Gasteiger partial charge in [0.1, 0.15) is 0 Å². The van der Waals surface area contributed by atoms with Crippen LogP contribution >= 0.6 is 0 Å². The number of hydrogen-bond donors (Lipinski definition) is 1. The molecule has 0 atom stereocenters. The van der Waals surface area contributed by atoms with Gasteiger partial charge in [-0.3, -0.25) is 0 Å². The molecule has 0 aromatic rings. The monoisotopic (exact) mass is 186 g/mol. The first-order valence-electron chi connectivity index (χ1n) is 4.82. The molecule has 0 saturated heterocycles. The third-order valence-corrected chi connectivity index (χ3v) is 2.74. The SMILES string of the molecule is Cc1ccc2cc(CO)c(C)c-2cc1. The molecule has 0 heterocycles. The molecule has 14 heavy (non-hydrogen) atoms. The van der Waals surface area contributed by atoms with Gasteiger partial charge in [0.05, 0.1) is 6.61 Å². The van der Waals surface area contributed by atoms with E-state index in [9.17, 15) is 0 Å². The van der Waals surface area contributed by atoms with E-state index in [4.69, 9.17) is 5.11 Å².